The van der Waals surface area contributed by atoms with E-state index in [1.165, 1.54) is 0 Å². The maximum absolute atomic E-state index is 11.8. The van der Waals surface area contributed by atoms with Crippen LogP contribution in [0, 0.1) is 0 Å². The van der Waals surface area contributed by atoms with Gasteiger partial charge in [-0.3, -0.25) is 4.79 Å². The van der Waals surface area contributed by atoms with Crippen LogP contribution >= 0.6 is 0 Å². The summed E-state index contributed by atoms with van der Waals surface area (Å²) in [7, 11) is 1.88. The predicted octanol–water partition coefficient (Wildman–Crippen LogP) is 0.565. The number of carbonyl (C=O) groups excluding carboxylic acids is 1. The first-order chi connectivity index (χ1) is 7.77. The minimum atomic E-state index is 0.0579. The van der Waals surface area contributed by atoms with Crippen molar-refractivity contribution < 1.29 is 9.53 Å². The lowest BCUT2D eigenvalue weighted by Crippen LogP contribution is -2.48. The number of likely N-dealkylation sites (N-methyl/N-ethyl adjacent to an activating group) is 1. The Kier molecular flexibility index (Phi) is 5.82. The van der Waals surface area contributed by atoms with Gasteiger partial charge in [-0.2, -0.15) is 0 Å². The molecule has 1 atom stereocenters. The largest absolute Gasteiger partial charge is 0.373 e. The number of carbonyl (C=O) groups is 1. The smallest absolute Gasteiger partial charge is 0.246 e. The molecular formula is C12H20N2O2. The van der Waals surface area contributed by atoms with Crippen molar-refractivity contribution in [3.05, 3.63) is 24.3 Å². The lowest BCUT2D eigenvalue weighted by Gasteiger charge is -2.32. The molecule has 0 spiro atoms. The highest BCUT2D eigenvalue weighted by Crippen LogP contribution is 2.05. The molecule has 0 aromatic heterocycles. The molecule has 1 aliphatic rings. The zero-order valence-electron chi connectivity index (χ0n) is 9.98. The van der Waals surface area contributed by atoms with Crippen LogP contribution < -0.4 is 5.32 Å². The highest BCUT2D eigenvalue weighted by atomic mass is 16.5. The van der Waals surface area contributed by atoms with Gasteiger partial charge >= 0.3 is 0 Å². The van der Waals surface area contributed by atoms with E-state index in [0.29, 0.717) is 19.7 Å². The van der Waals surface area contributed by atoms with E-state index in [4.69, 9.17) is 4.74 Å². The SMILES string of the molecule is CC=C/C=C/C(=O)N1CCOC(CNC)C1. The molecule has 16 heavy (non-hydrogen) atoms. The van der Waals surface area contributed by atoms with Crippen molar-refractivity contribution in [1.82, 2.24) is 10.2 Å². The Bertz CT molecular complexity index is 272. The van der Waals surface area contributed by atoms with Crippen LogP contribution in [0.3, 0.4) is 0 Å². The van der Waals surface area contributed by atoms with Crippen molar-refractivity contribution in [2.75, 3.05) is 33.3 Å². The van der Waals surface area contributed by atoms with Crippen molar-refractivity contribution in [3.63, 3.8) is 0 Å². The van der Waals surface area contributed by atoms with E-state index in [0.717, 1.165) is 6.54 Å². The molecular weight excluding hydrogens is 204 g/mol. The van der Waals surface area contributed by atoms with Crippen LogP contribution in [0.4, 0.5) is 0 Å². The van der Waals surface area contributed by atoms with Crippen molar-refractivity contribution >= 4 is 5.91 Å². The average Bonchev–Trinajstić information content (AvgIpc) is 2.30. The summed E-state index contributed by atoms with van der Waals surface area (Å²) in [6, 6.07) is 0. The Morgan fingerprint density at radius 1 is 1.56 bits per heavy atom. The second-order valence-electron chi connectivity index (χ2n) is 3.72. The number of ether oxygens (including phenoxy) is 1. The Balaban J connectivity index is 2.43. The lowest BCUT2D eigenvalue weighted by atomic mass is 10.2. The minimum Gasteiger partial charge on any atom is -0.373 e. The number of amides is 1. The highest BCUT2D eigenvalue weighted by molar-refractivity contribution is 5.87. The van der Waals surface area contributed by atoms with Gasteiger partial charge < -0.3 is 15.0 Å². The van der Waals surface area contributed by atoms with Gasteiger partial charge in [-0.25, -0.2) is 0 Å². The van der Waals surface area contributed by atoms with Crippen molar-refractivity contribution in [3.8, 4) is 0 Å². The topological polar surface area (TPSA) is 41.6 Å². The molecule has 0 aromatic carbocycles. The minimum absolute atomic E-state index is 0.0579. The molecule has 1 saturated heterocycles. The second kappa shape index (κ2) is 7.19. The van der Waals surface area contributed by atoms with Gasteiger partial charge in [-0.15, -0.1) is 0 Å². The maximum atomic E-state index is 11.8. The second-order valence-corrected chi connectivity index (χ2v) is 3.72. The van der Waals surface area contributed by atoms with Crippen molar-refractivity contribution in [2.24, 2.45) is 0 Å². The van der Waals surface area contributed by atoms with Gasteiger partial charge in [0, 0.05) is 25.7 Å². The summed E-state index contributed by atoms with van der Waals surface area (Å²) in [5.74, 6) is 0.0579. The van der Waals surface area contributed by atoms with Gasteiger partial charge in [-0.05, 0) is 14.0 Å². The first-order valence-electron chi connectivity index (χ1n) is 5.62. The summed E-state index contributed by atoms with van der Waals surface area (Å²) >= 11 is 0. The van der Waals surface area contributed by atoms with Crippen LogP contribution in [0.5, 0.6) is 0 Å². The Morgan fingerprint density at radius 2 is 2.38 bits per heavy atom. The Labute approximate surface area is 97.0 Å². The molecule has 0 aliphatic carbocycles. The molecule has 0 saturated carbocycles. The zero-order valence-corrected chi connectivity index (χ0v) is 9.98. The van der Waals surface area contributed by atoms with E-state index >= 15 is 0 Å². The molecule has 0 radical (unpaired) electrons. The number of allylic oxidation sites excluding steroid dienone is 3. The number of nitrogens with one attached hydrogen (secondary N) is 1. The van der Waals surface area contributed by atoms with E-state index in [1.54, 1.807) is 12.2 Å². The number of nitrogens with zero attached hydrogens (tertiary/aromatic N) is 1. The van der Waals surface area contributed by atoms with Gasteiger partial charge in [0.1, 0.15) is 0 Å². The molecule has 1 aliphatic heterocycles. The summed E-state index contributed by atoms with van der Waals surface area (Å²) < 4.78 is 5.53. The normalized spacial score (nSPS) is 22.1. The highest BCUT2D eigenvalue weighted by Gasteiger charge is 2.21. The van der Waals surface area contributed by atoms with Gasteiger partial charge in [-0.1, -0.05) is 18.2 Å². The molecule has 0 bridgehead atoms. The third-order valence-electron chi connectivity index (χ3n) is 2.42. The summed E-state index contributed by atoms with van der Waals surface area (Å²) in [5.41, 5.74) is 0. The van der Waals surface area contributed by atoms with Crippen LogP contribution in [0.2, 0.25) is 0 Å². The Hall–Kier alpha value is -1.13. The van der Waals surface area contributed by atoms with Gasteiger partial charge in [0.15, 0.2) is 0 Å². The first kappa shape index (κ1) is 12.9. The van der Waals surface area contributed by atoms with Crippen LogP contribution in [-0.4, -0.2) is 50.2 Å². The third kappa shape index (κ3) is 4.16. The van der Waals surface area contributed by atoms with Crippen LogP contribution in [-0.2, 0) is 9.53 Å². The maximum Gasteiger partial charge on any atom is 0.246 e. The Morgan fingerprint density at radius 3 is 3.06 bits per heavy atom. The standard InChI is InChI=1S/C12H20N2O2/c1-3-4-5-6-12(15)14-7-8-16-11(10-14)9-13-2/h3-6,11,13H,7-10H2,1-2H3/b4-3?,6-5+. The fourth-order valence-corrected chi connectivity index (χ4v) is 1.63. The van der Waals surface area contributed by atoms with Gasteiger partial charge in [0.05, 0.1) is 12.7 Å². The fourth-order valence-electron chi connectivity index (χ4n) is 1.63. The van der Waals surface area contributed by atoms with Crippen molar-refractivity contribution in [2.45, 2.75) is 13.0 Å². The first-order valence-corrected chi connectivity index (χ1v) is 5.62. The van der Waals surface area contributed by atoms with Crippen LogP contribution in [0.15, 0.2) is 24.3 Å². The van der Waals surface area contributed by atoms with E-state index in [2.05, 4.69) is 5.32 Å². The molecule has 4 nitrogen and oxygen atoms in total. The molecule has 1 fully saturated rings. The molecule has 0 aromatic rings. The number of hydrogen-bond donors (Lipinski definition) is 1. The van der Waals surface area contributed by atoms with Crippen molar-refractivity contribution in [1.29, 1.82) is 0 Å². The predicted molar refractivity (Wildman–Crippen MR) is 64.2 cm³/mol. The molecule has 1 amide bonds. The summed E-state index contributed by atoms with van der Waals surface area (Å²) in [4.78, 5) is 13.6. The number of hydrogen-bond acceptors (Lipinski definition) is 3. The lowest BCUT2D eigenvalue weighted by molar-refractivity contribution is -0.133. The molecule has 90 valence electrons. The summed E-state index contributed by atoms with van der Waals surface area (Å²) in [6.07, 6.45) is 7.22. The zero-order chi connectivity index (χ0) is 11.8. The quantitative estimate of drug-likeness (QED) is 0.560. The van der Waals surface area contributed by atoms with E-state index in [1.807, 2.05) is 31.0 Å². The molecule has 4 heteroatoms. The summed E-state index contributed by atoms with van der Waals surface area (Å²) in [5, 5.41) is 3.06. The van der Waals surface area contributed by atoms with Crippen LogP contribution in [0.25, 0.3) is 0 Å². The van der Waals surface area contributed by atoms with E-state index in [9.17, 15) is 4.79 Å². The fraction of sp³-hybridized carbons (Fsp3) is 0.583. The molecule has 1 N–H and O–H groups in total. The van der Waals surface area contributed by atoms with Gasteiger partial charge in [0.2, 0.25) is 5.91 Å². The molecule has 1 rings (SSSR count). The molecule has 1 unspecified atom stereocenters. The average molecular weight is 224 g/mol. The van der Waals surface area contributed by atoms with Gasteiger partial charge in [0.25, 0.3) is 0 Å². The number of rotatable bonds is 4. The third-order valence-corrected chi connectivity index (χ3v) is 2.42. The van der Waals surface area contributed by atoms with E-state index in [-0.39, 0.29) is 12.0 Å². The molecule has 1 heterocycles. The number of morpholine rings is 1. The summed E-state index contributed by atoms with van der Waals surface area (Å²) in [6.45, 7) is 4.67. The van der Waals surface area contributed by atoms with E-state index < -0.39 is 0 Å². The monoisotopic (exact) mass is 224 g/mol. The van der Waals surface area contributed by atoms with Crippen LogP contribution in [0.1, 0.15) is 6.92 Å².